The first-order chi connectivity index (χ1) is 19.6. The van der Waals surface area contributed by atoms with Crippen molar-refractivity contribution in [1.82, 2.24) is 15.4 Å². The van der Waals surface area contributed by atoms with Gasteiger partial charge in [-0.1, -0.05) is 35.9 Å². The van der Waals surface area contributed by atoms with Crippen molar-refractivity contribution in [3.63, 3.8) is 0 Å². The molecular formula is C31H44N4O6. The number of carbonyl (C=O) groups is 3. The first kappa shape index (κ1) is 31.7. The summed E-state index contributed by atoms with van der Waals surface area (Å²) in [5, 5.41) is 9.56. The van der Waals surface area contributed by atoms with Crippen molar-refractivity contribution in [3.8, 4) is 11.5 Å². The molecule has 3 amide bonds. The van der Waals surface area contributed by atoms with E-state index in [2.05, 4.69) is 21.9 Å². The molecule has 1 aromatic carbocycles. The fraction of sp³-hybridized carbons (Fsp3) is 0.548. The van der Waals surface area contributed by atoms with Gasteiger partial charge in [-0.15, -0.1) is 0 Å². The molecule has 1 atom stereocenters. The summed E-state index contributed by atoms with van der Waals surface area (Å²) in [6, 6.07) is 5.92. The zero-order valence-electron chi connectivity index (χ0n) is 25.2. The Labute approximate surface area is 242 Å². The van der Waals surface area contributed by atoms with Crippen molar-refractivity contribution in [2.75, 3.05) is 26.1 Å². The van der Waals surface area contributed by atoms with Crippen LogP contribution in [0.5, 0.6) is 11.5 Å². The lowest BCUT2D eigenvalue weighted by Gasteiger charge is -2.35. The lowest BCUT2D eigenvalue weighted by Crippen LogP contribution is -2.50. The van der Waals surface area contributed by atoms with E-state index in [0.29, 0.717) is 48.0 Å². The van der Waals surface area contributed by atoms with Crippen LogP contribution < -0.4 is 20.1 Å². The second-order valence-corrected chi connectivity index (χ2v) is 11.0. The molecule has 1 aliphatic carbocycles. The molecule has 224 valence electrons. The Morgan fingerprint density at radius 2 is 1.93 bits per heavy atom. The van der Waals surface area contributed by atoms with Crippen LogP contribution in [0.25, 0.3) is 0 Å². The lowest BCUT2D eigenvalue weighted by atomic mass is 9.95. The molecule has 0 aliphatic heterocycles. The predicted molar refractivity (Wildman–Crippen MR) is 157 cm³/mol. The Balaban J connectivity index is 1.96. The first-order valence-corrected chi connectivity index (χ1v) is 14.3. The second-order valence-electron chi connectivity index (χ2n) is 11.0. The van der Waals surface area contributed by atoms with Crippen LogP contribution >= 0.6 is 0 Å². The minimum Gasteiger partial charge on any atom is -0.493 e. The number of aryl methyl sites for hydroxylation is 1. The molecule has 41 heavy (non-hydrogen) atoms. The van der Waals surface area contributed by atoms with E-state index < -0.39 is 11.6 Å². The molecule has 0 saturated carbocycles. The van der Waals surface area contributed by atoms with Crippen LogP contribution in [0.1, 0.15) is 89.5 Å². The third kappa shape index (κ3) is 8.83. The van der Waals surface area contributed by atoms with Crippen LogP contribution in [0, 0.1) is 6.92 Å². The molecular weight excluding hydrogens is 524 g/mol. The van der Waals surface area contributed by atoms with Crippen molar-refractivity contribution < 1.29 is 28.4 Å². The molecule has 1 aliphatic rings. The van der Waals surface area contributed by atoms with Crippen LogP contribution in [0.15, 0.2) is 40.4 Å². The number of nitrogens with one attached hydrogen (secondary N) is 2. The molecule has 10 nitrogen and oxygen atoms in total. The number of carbonyl (C=O) groups excluding carboxylic acids is 3. The Morgan fingerprint density at radius 1 is 1.15 bits per heavy atom. The van der Waals surface area contributed by atoms with Gasteiger partial charge in [-0.25, -0.2) is 0 Å². The van der Waals surface area contributed by atoms with Gasteiger partial charge >= 0.3 is 0 Å². The Bertz CT molecular complexity index is 1230. The summed E-state index contributed by atoms with van der Waals surface area (Å²) in [7, 11) is 3.05. The number of anilines is 1. The van der Waals surface area contributed by atoms with Crippen LogP contribution in [0.2, 0.25) is 0 Å². The molecule has 2 N–H and O–H groups in total. The number of allylic oxidation sites excluding steroid dienone is 1. The van der Waals surface area contributed by atoms with E-state index in [0.717, 1.165) is 25.7 Å². The largest absolute Gasteiger partial charge is 0.493 e. The van der Waals surface area contributed by atoms with Crippen molar-refractivity contribution >= 4 is 23.5 Å². The van der Waals surface area contributed by atoms with Gasteiger partial charge in [-0.3, -0.25) is 14.4 Å². The number of aromatic nitrogens is 1. The van der Waals surface area contributed by atoms with Gasteiger partial charge in [-0.05, 0) is 65.4 Å². The van der Waals surface area contributed by atoms with E-state index in [1.807, 2.05) is 20.8 Å². The molecule has 0 radical (unpaired) electrons. The van der Waals surface area contributed by atoms with E-state index in [9.17, 15) is 14.4 Å². The van der Waals surface area contributed by atoms with Crippen LogP contribution in [-0.4, -0.2) is 54.1 Å². The number of para-hydroxylation sites is 1. The maximum Gasteiger partial charge on any atom is 0.248 e. The van der Waals surface area contributed by atoms with Crippen molar-refractivity contribution in [3.05, 3.63) is 47.2 Å². The molecule has 2 aromatic rings. The van der Waals surface area contributed by atoms with E-state index in [4.69, 9.17) is 14.0 Å². The standard InChI is InChI=1S/C31H44N4O6/c1-7-31(3,4)33-30(38)28(23-14-11-15-24(39-5)29(23)40-6)35(19-18-22-12-9-8-10-13-22)27(37)17-16-26(36)32-25-20-21(2)41-34-25/h11-12,14-15,20,28H,7-10,13,16-19H2,1-6H3,(H,33,38)(H,32,34,36)/t28-/m1/s1. The highest BCUT2D eigenvalue weighted by Crippen LogP contribution is 2.38. The van der Waals surface area contributed by atoms with Gasteiger partial charge in [0.15, 0.2) is 17.3 Å². The average Bonchev–Trinajstić information content (AvgIpc) is 3.37. The van der Waals surface area contributed by atoms with Crippen molar-refractivity contribution in [2.24, 2.45) is 0 Å². The van der Waals surface area contributed by atoms with Gasteiger partial charge in [0, 0.05) is 36.6 Å². The monoisotopic (exact) mass is 568 g/mol. The van der Waals surface area contributed by atoms with Gasteiger partial charge < -0.3 is 29.5 Å². The van der Waals surface area contributed by atoms with Crippen molar-refractivity contribution in [2.45, 2.75) is 90.6 Å². The Kier molecular flexibility index (Phi) is 11.4. The van der Waals surface area contributed by atoms with Crippen molar-refractivity contribution in [1.29, 1.82) is 0 Å². The Hall–Kier alpha value is -3.82. The number of methoxy groups -OCH3 is 2. The minimum atomic E-state index is -0.996. The normalized spacial score (nSPS) is 14.0. The molecule has 0 bridgehead atoms. The third-order valence-corrected chi connectivity index (χ3v) is 7.47. The molecule has 0 fully saturated rings. The maximum atomic E-state index is 14.1. The van der Waals surface area contributed by atoms with E-state index in [-0.39, 0.29) is 30.6 Å². The molecule has 0 spiro atoms. The zero-order chi connectivity index (χ0) is 30.0. The number of benzene rings is 1. The predicted octanol–water partition coefficient (Wildman–Crippen LogP) is 5.48. The van der Waals surface area contributed by atoms with E-state index in [1.165, 1.54) is 19.8 Å². The van der Waals surface area contributed by atoms with Gasteiger partial charge in [0.25, 0.3) is 0 Å². The zero-order valence-corrected chi connectivity index (χ0v) is 25.2. The third-order valence-electron chi connectivity index (χ3n) is 7.47. The molecule has 0 saturated heterocycles. The summed E-state index contributed by atoms with van der Waals surface area (Å²) < 4.78 is 16.2. The fourth-order valence-electron chi connectivity index (χ4n) is 4.86. The van der Waals surface area contributed by atoms with Crippen LogP contribution in [0.4, 0.5) is 5.82 Å². The number of ether oxygens (including phenoxy) is 2. The molecule has 10 heteroatoms. The van der Waals surface area contributed by atoms with E-state index >= 15 is 0 Å². The summed E-state index contributed by atoms with van der Waals surface area (Å²) in [5.74, 6) is 0.704. The quantitative estimate of drug-likeness (QED) is 0.289. The van der Waals surface area contributed by atoms with E-state index in [1.54, 1.807) is 36.1 Å². The Morgan fingerprint density at radius 3 is 2.54 bits per heavy atom. The van der Waals surface area contributed by atoms with Crippen LogP contribution in [0.3, 0.4) is 0 Å². The molecule has 3 rings (SSSR count). The molecule has 0 unspecified atom stereocenters. The summed E-state index contributed by atoms with van der Waals surface area (Å²) in [5.41, 5.74) is 1.29. The first-order valence-electron chi connectivity index (χ1n) is 14.3. The number of amides is 3. The summed E-state index contributed by atoms with van der Waals surface area (Å²) in [6.45, 7) is 7.93. The smallest absolute Gasteiger partial charge is 0.248 e. The van der Waals surface area contributed by atoms with Crippen LogP contribution in [-0.2, 0) is 14.4 Å². The van der Waals surface area contributed by atoms with Gasteiger partial charge in [-0.2, -0.15) is 0 Å². The highest BCUT2D eigenvalue weighted by molar-refractivity contribution is 5.94. The SMILES string of the molecule is CCC(C)(C)NC(=O)[C@@H](c1cccc(OC)c1OC)N(CCC1=CCCCC1)C(=O)CCC(=O)Nc1cc(C)on1. The summed E-state index contributed by atoms with van der Waals surface area (Å²) in [6.07, 6.45) is 7.67. The number of nitrogens with zero attached hydrogens (tertiary/aromatic N) is 2. The minimum absolute atomic E-state index is 0.0754. The highest BCUT2D eigenvalue weighted by atomic mass is 16.5. The maximum absolute atomic E-state index is 14.1. The fourth-order valence-corrected chi connectivity index (χ4v) is 4.86. The lowest BCUT2D eigenvalue weighted by molar-refractivity contribution is -0.142. The number of rotatable bonds is 14. The topological polar surface area (TPSA) is 123 Å². The second kappa shape index (κ2) is 14.7. The molecule has 1 heterocycles. The average molecular weight is 569 g/mol. The van der Waals surface area contributed by atoms with Gasteiger partial charge in [0.05, 0.1) is 14.2 Å². The summed E-state index contributed by atoms with van der Waals surface area (Å²) in [4.78, 5) is 42.2. The number of hydrogen-bond donors (Lipinski definition) is 2. The van der Waals surface area contributed by atoms with Gasteiger partial charge in [0.2, 0.25) is 17.7 Å². The summed E-state index contributed by atoms with van der Waals surface area (Å²) >= 11 is 0. The molecule has 1 aromatic heterocycles. The number of hydrogen-bond acceptors (Lipinski definition) is 7. The van der Waals surface area contributed by atoms with Gasteiger partial charge in [0.1, 0.15) is 11.8 Å². The highest BCUT2D eigenvalue weighted by Gasteiger charge is 2.36.